The lowest BCUT2D eigenvalue weighted by atomic mass is 10.1. The second-order valence-electron chi connectivity index (χ2n) is 7.10. The van der Waals surface area contributed by atoms with Gasteiger partial charge in [0.2, 0.25) is 0 Å². The fourth-order valence-electron chi connectivity index (χ4n) is 3.05. The van der Waals surface area contributed by atoms with Crippen LogP contribution in [0.5, 0.6) is 0 Å². The van der Waals surface area contributed by atoms with Crippen LogP contribution in [0, 0.1) is 0 Å². The van der Waals surface area contributed by atoms with E-state index in [1.54, 1.807) is 0 Å². The largest absolute Gasteiger partial charge is 0.344 e. The van der Waals surface area contributed by atoms with Gasteiger partial charge in [-0.05, 0) is 54.2 Å². The van der Waals surface area contributed by atoms with Crippen molar-refractivity contribution in [2.24, 2.45) is 0 Å². The fourth-order valence-corrected chi connectivity index (χ4v) is 3.36. The Kier molecular flexibility index (Phi) is 7.61. The number of nitrogens with zero attached hydrogens (tertiary/aromatic N) is 1. The van der Waals surface area contributed by atoms with E-state index in [0.717, 1.165) is 54.0 Å². The Balaban J connectivity index is 1.53. The highest BCUT2D eigenvalue weighted by Crippen LogP contribution is 2.17. The predicted molar refractivity (Wildman–Crippen MR) is 129 cm³/mol. The Bertz CT molecular complexity index is 877. The minimum absolute atomic E-state index is 0.786. The summed E-state index contributed by atoms with van der Waals surface area (Å²) in [6, 6.07) is 24.9. The van der Waals surface area contributed by atoms with Gasteiger partial charge >= 0.3 is 0 Å². The molecule has 0 saturated carbocycles. The van der Waals surface area contributed by atoms with Crippen molar-refractivity contribution in [3.63, 3.8) is 0 Å². The van der Waals surface area contributed by atoms with E-state index in [2.05, 4.69) is 86.5 Å². The van der Waals surface area contributed by atoms with Crippen LogP contribution in [0.4, 0.5) is 11.6 Å². The zero-order valence-corrected chi connectivity index (χ0v) is 17.9. The van der Waals surface area contributed by atoms with E-state index < -0.39 is 0 Å². The Labute approximate surface area is 176 Å². The third-order valence-electron chi connectivity index (χ3n) is 4.57. The van der Waals surface area contributed by atoms with Gasteiger partial charge in [0.05, 0.1) is 0 Å². The molecule has 0 amide bonds. The van der Waals surface area contributed by atoms with Crippen molar-refractivity contribution < 1.29 is 0 Å². The van der Waals surface area contributed by atoms with Gasteiger partial charge in [0, 0.05) is 11.4 Å². The number of rotatable bonds is 10. The monoisotopic (exact) mass is 401 g/mol. The van der Waals surface area contributed by atoms with Crippen LogP contribution in [0.3, 0.4) is 0 Å². The molecule has 0 radical (unpaired) electrons. The summed E-state index contributed by atoms with van der Waals surface area (Å²) < 4.78 is 0. The van der Waals surface area contributed by atoms with E-state index in [0.29, 0.717) is 0 Å². The number of hydrogen-bond acceptors (Lipinski definition) is 3. The summed E-state index contributed by atoms with van der Waals surface area (Å²) in [6.45, 7) is 8.30. The lowest BCUT2D eigenvalue weighted by molar-refractivity contribution is 0.942. The van der Waals surface area contributed by atoms with Crippen molar-refractivity contribution in [1.29, 1.82) is 0 Å². The Morgan fingerprint density at radius 1 is 0.724 bits per heavy atom. The minimum Gasteiger partial charge on any atom is -0.344 e. The summed E-state index contributed by atoms with van der Waals surface area (Å²) in [6.07, 6.45) is 3.63. The summed E-state index contributed by atoms with van der Waals surface area (Å²) >= 11 is 0. The average Bonchev–Trinajstić information content (AvgIpc) is 2.72. The number of nitrogens with one attached hydrogen (secondary N) is 2. The molecule has 3 aromatic rings. The molecule has 3 rings (SSSR count). The van der Waals surface area contributed by atoms with Crippen LogP contribution in [0.25, 0.3) is 0 Å². The summed E-state index contributed by atoms with van der Waals surface area (Å²) in [5.74, 6) is 1.57. The molecule has 2 aromatic carbocycles. The first-order valence-corrected chi connectivity index (χ1v) is 10.4. The third kappa shape index (κ3) is 7.21. The summed E-state index contributed by atoms with van der Waals surface area (Å²) in [4.78, 5) is 4.67. The summed E-state index contributed by atoms with van der Waals surface area (Å²) in [7, 11) is 2.73. The molecule has 1 atom stereocenters. The SMILES string of the molecule is C=C(CCc1ccccc1)Nc1cc(P)cc(NC(=C)CCc2ccccc2)n1. The quantitative estimate of drug-likeness (QED) is 0.428. The molecule has 0 spiro atoms. The maximum absolute atomic E-state index is 4.67. The third-order valence-corrected chi connectivity index (χ3v) is 4.91. The first-order chi connectivity index (χ1) is 14.1. The van der Waals surface area contributed by atoms with Gasteiger partial charge in [-0.2, -0.15) is 0 Å². The first-order valence-electron chi connectivity index (χ1n) is 9.83. The molecule has 2 N–H and O–H groups in total. The molecule has 4 heteroatoms. The number of aromatic nitrogens is 1. The van der Waals surface area contributed by atoms with E-state index in [4.69, 9.17) is 0 Å². The normalized spacial score (nSPS) is 10.4. The van der Waals surface area contributed by atoms with Gasteiger partial charge in [-0.25, -0.2) is 4.98 Å². The summed E-state index contributed by atoms with van der Waals surface area (Å²) in [5, 5.41) is 7.72. The molecule has 0 bridgehead atoms. The number of pyridine rings is 1. The standard InChI is InChI=1S/C25H28N3P/c1-19(13-15-21-9-5-3-6-10-21)26-24-17-23(29)18-25(28-24)27-20(2)14-16-22-11-7-4-8-12-22/h3-12,17-18H,1-2,13-16,29H2,(H2,26,27,28). The van der Waals surface area contributed by atoms with Crippen LogP contribution in [-0.2, 0) is 12.8 Å². The van der Waals surface area contributed by atoms with Crippen molar-refractivity contribution in [2.45, 2.75) is 25.7 Å². The lowest BCUT2D eigenvalue weighted by Gasteiger charge is -2.14. The molecular formula is C25H28N3P. The van der Waals surface area contributed by atoms with Gasteiger partial charge in [0.1, 0.15) is 11.6 Å². The Morgan fingerprint density at radius 2 is 1.14 bits per heavy atom. The molecule has 148 valence electrons. The second kappa shape index (κ2) is 10.6. The van der Waals surface area contributed by atoms with Crippen molar-refractivity contribution in [3.05, 3.63) is 108 Å². The van der Waals surface area contributed by atoms with Gasteiger partial charge in [0.15, 0.2) is 0 Å². The van der Waals surface area contributed by atoms with E-state index >= 15 is 0 Å². The van der Waals surface area contributed by atoms with E-state index in [1.807, 2.05) is 24.3 Å². The van der Waals surface area contributed by atoms with Crippen LogP contribution >= 0.6 is 9.24 Å². The van der Waals surface area contributed by atoms with Crippen molar-refractivity contribution in [2.75, 3.05) is 10.6 Å². The molecular weight excluding hydrogens is 373 g/mol. The van der Waals surface area contributed by atoms with Crippen molar-refractivity contribution in [3.8, 4) is 0 Å². The predicted octanol–water partition coefficient (Wildman–Crippen LogP) is 5.70. The van der Waals surface area contributed by atoms with Gasteiger partial charge in [0.25, 0.3) is 0 Å². The van der Waals surface area contributed by atoms with Crippen LogP contribution in [-0.4, -0.2) is 4.98 Å². The van der Waals surface area contributed by atoms with E-state index in [1.165, 1.54) is 11.1 Å². The molecule has 0 fully saturated rings. The zero-order valence-electron chi connectivity index (χ0n) is 16.7. The smallest absolute Gasteiger partial charge is 0.133 e. The fraction of sp³-hybridized carbons (Fsp3) is 0.160. The molecule has 1 aromatic heterocycles. The molecule has 1 unspecified atom stereocenters. The Hall–Kier alpha value is -2.90. The zero-order chi connectivity index (χ0) is 20.5. The van der Waals surface area contributed by atoms with E-state index in [-0.39, 0.29) is 0 Å². The topological polar surface area (TPSA) is 37.0 Å². The molecule has 1 heterocycles. The van der Waals surface area contributed by atoms with Crippen LogP contribution in [0.1, 0.15) is 24.0 Å². The molecule has 3 nitrogen and oxygen atoms in total. The van der Waals surface area contributed by atoms with Crippen LogP contribution in [0.15, 0.2) is 97.3 Å². The maximum Gasteiger partial charge on any atom is 0.133 e. The number of aryl methyl sites for hydroxylation is 2. The van der Waals surface area contributed by atoms with Gasteiger partial charge in [-0.15, -0.1) is 9.24 Å². The molecule has 0 aliphatic rings. The van der Waals surface area contributed by atoms with Gasteiger partial charge in [-0.3, -0.25) is 0 Å². The maximum atomic E-state index is 4.67. The van der Waals surface area contributed by atoms with Crippen molar-refractivity contribution in [1.82, 2.24) is 4.98 Å². The highest BCUT2D eigenvalue weighted by molar-refractivity contribution is 7.27. The molecule has 0 aliphatic heterocycles. The highest BCUT2D eigenvalue weighted by Gasteiger charge is 2.05. The van der Waals surface area contributed by atoms with Gasteiger partial charge in [-0.1, -0.05) is 73.8 Å². The van der Waals surface area contributed by atoms with Crippen molar-refractivity contribution >= 4 is 26.2 Å². The first kappa shape index (κ1) is 20.8. The van der Waals surface area contributed by atoms with E-state index in [9.17, 15) is 0 Å². The number of allylic oxidation sites excluding steroid dienone is 2. The molecule has 0 aliphatic carbocycles. The number of anilines is 2. The number of benzene rings is 2. The average molecular weight is 401 g/mol. The summed E-state index contributed by atoms with van der Waals surface area (Å²) in [5.41, 5.74) is 4.51. The molecule has 0 saturated heterocycles. The van der Waals surface area contributed by atoms with Crippen LogP contribution < -0.4 is 15.9 Å². The van der Waals surface area contributed by atoms with Gasteiger partial charge < -0.3 is 10.6 Å². The minimum atomic E-state index is 0.786. The lowest BCUT2D eigenvalue weighted by Crippen LogP contribution is -2.09. The van der Waals surface area contributed by atoms with Crippen LogP contribution in [0.2, 0.25) is 0 Å². The second-order valence-corrected chi connectivity index (χ2v) is 7.77. The number of hydrogen-bond donors (Lipinski definition) is 2. The highest BCUT2D eigenvalue weighted by atomic mass is 31.0. The Morgan fingerprint density at radius 3 is 1.55 bits per heavy atom. The molecule has 29 heavy (non-hydrogen) atoms.